The van der Waals surface area contributed by atoms with Gasteiger partial charge in [-0.25, -0.2) is 4.98 Å². The molecule has 0 aromatic carbocycles. The molecular formula is C16H13ClN2O3S2. The van der Waals surface area contributed by atoms with Crippen molar-refractivity contribution < 1.29 is 14.7 Å². The fourth-order valence-corrected chi connectivity index (χ4v) is 5.39. The molecule has 24 heavy (non-hydrogen) atoms. The number of allylic oxidation sites excluding steroid dienone is 2. The number of aliphatic carboxylic acids is 1. The second-order valence-electron chi connectivity index (χ2n) is 5.97. The fraction of sp³-hybridized carbons (Fsp3) is 0.312. The van der Waals surface area contributed by atoms with Gasteiger partial charge in [0.25, 0.3) is 0 Å². The van der Waals surface area contributed by atoms with E-state index >= 15 is 0 Å². The lowest BCUT2D eigenvalue weighted by Gasteiger charge is -2.23. The Balaban J connectivity index is 1.51. The molecule has 0 aliphatic heterocycles. The summed E-state index contributed by atoms with van der Waals surface area (Å²) in [7, 11) is 0. The van der Waals surface area contributed by atoms with Crippen LogP contribution in [-0.2, 0) is 9.59 Å². The van der Waals surface area contributed by atoms with E-state index in [1.54, 1.807) is 6.07 Å². The lowest BCUT2D eigenvalue weighted by Crippen LogP contribution is -2.36. The molecule has 0 radical (unpaired) electrons. The van der Waals surface area contributed by atoms with Crippen LogP contribution in [0.25, 0.3) is 10.6 Å². The van der Waals surface area contributed by atoms with Crippen molar-refractivity contribution in [3.8, 4) is 10.6 Å². The van der Waals surface area contributed by atoms with Crippen LogP contribution in [0.15, 0.2) is 29.7 Å². The third-order valence-corrected chi connectivity index (χ3v) is 6.62. The molecule has 2 aliphatic rings. The SMILES string of the molecule is O=C(O)[C@@H]1[C@H](C(=O)Nc2nc(-c3ccc(Cl)s3)cs2)[C@H]2C=C[C@H]1C2. The number of carboxylic acids is 1. The molecule has 5 nitrogen and oxygen atoms in total. The van der Waals surface area contributed by atoms with Gasteiger partial charge in [0, 0.05) is 5.38 Å². The highest BCUT2D eigenvalue weighted by molar-refractivity contribution is 7.20. The molecule has 2 aromatic rings. The predicted molar refractivity (Wildman–Crippen MR) is 94.4 cm³/mol. The van der Waals surface area contributed by atoms with Crippen molar-refractivity contribution in [1.82, 2.24) is 4.98 Å². The maximum atomic E-state index is 12.6. The van der Waals surface area contributed by atoms with Crippen molar-refractivity contribution in [3.05, 3.63) is 34.0 Å². The highest BCUT2D eigenvalue weighted by atomic mass is 35.5. The molecular weight excluding hydrogens is 368 g/mol. The predicted octanol–water partition coefficient (Wildman–Crippen LogP) is 3.99. The Labute approximate surface area is 151 Å². The van der Waals surface area contributed by atoms with Crippen LogP contribution in [0.2, 0.25) is 4.34 Å². The Morgan fingerprint density at radius 2 is 2.00 bits per heavy atom. The van der Waals surface area contributed by atoms with E-state index in [1.807, 2.05) is 23.6 Å². The van der Waals surface area contributed by atoms with Gasteiger partial charge in [0.05, 0.1) is 26.7 Å². The third kappa shape index (κ3) is 2.66. The maximum Gasteiger partial charge on any atom is 0.307 e. The van der Waals surface area contributed by atoms with Crippen molar-refractivity contribution in [2.75, 3.05) is 5.32 Å². The number of nitrogens with zero attached hydrogens (tertiary/aromatic N) is 1. The first-order valence-electron chi connectivity index (χ1n) is 7.46. The largest absolute Gasteiger partial charge is 0.481 e. The average molecular weight is 381 g/mol. The minimum atomic E-state index is -0.903. The first-order chi connectivity index (χ1) is 11.5. The number of rotatable bonds is 4. The molecule has 2 aliphatic carbocycles. The summed E-state index contributed by atoms with van der Waals surface area (Å²) in [6.07, 6.45) is 4.64. The van der Waals surface area contributed by atoms with Crippen LogP contribution in [0, 0.1) is 23.7 Å². The number of halogens is 1. The van der Waals surface area contributed by atoms with Gasteiger partial charge in [0.2, 0.25) is 5.91 Å². The van der Waals surface area contributed by atoms with Gasteiger partial charge in [-0.2, -0.15) is 0 Å². The summed E-state index contributed by atoms with van der Waals surface area (Å²) in [6, 6.07) is 3.69. The van der Waals surface area contributed by atoms with Crippen LogP contribution < -0.4 is 5.32 Å². The second-order valence-corrected chi connectivity index (χ2v) is 8.54. The number of thiophene rings is 1. The van der Waals surface area contributed by atoms with Crippen LogP contribution in [0.3, 0.4) is 0 Å². The molecule has 124 valence electrons. The number of carbonyl (C=O) groups excluding carboxylic acids is 1. The lowest BCUT2D eigenvalue weighted by molar-refractivity contribution is -0.146. The minimum Gasteiger partial charge on any atom is -0.481 e. The first-order valence-corrected chi connectivity index (χ1v) is 9.53. The van der Waals surface area contributed by atoms with Crippen LogP contribution in [0.4, 0.5) is 5.13 Å². The van der Waals surface area contributed by atoms with Crippen LogP contribution in [0.1, 0.15) is 6.42 Å². The smallest absolute Gasteiger partial charge is 0.307 e. The van der Waals surface area contributed by atoms with Crippen LogP contribution >= 0.6 is 34.3 Å². The highest BCUT2D eigenvalue weighted by Crippen LogP contribution is 2.48. The van der Waals surface area contributed by atoms with Gasteiger partial charge in [-0.3, -0.25) is 9.59 Å². The van der Waals surface area contributed by atoms with E-state index in [9.17, 15) is 14.7 Å². The summed E-state index contributed by atoms with van der Waals surface area (Å²) < 4.78 is 0.682. The Bertz CT molecular complexity index is 844. The normalized spacial score (nSPS) is 27.5. The van der Waals surface area contributed by atoms with Crippen LogP contribution in [0.5, 0.6) is 0 Å². The molecule has 0 unspecified atom stereocenters. The van der Waals surface area contributed by atoms with Gasteiger partial charge >= 0.3 is 5.97 Å². The first kappa shape index (κ1) is 15.8. The van der Waals surface area contributed by atoms with Gasteiger partial charge < -0.3 is 10.4 Å². The minimum absolute atomic E-state index is 0.00614. The zero-order valence-corrected chi connectivity index (χ0v) is 14.7. The number of hydrogen-bond donors (Lipinski definition) is 2. The molecule has 2 heterocycles. The molecule has 2 aromatic heterocycles. The number of amides is 1. The lowest BCUT2D eigenvalue weighted by atomic mass is 9.82. The summed E-state index contributed by atoms with van der Waals surface area (Å²) in [4.78, 5) is 29.5. The number of carbonyl (C=O) groups is 2. The van der Waals surface area contributed by atoms with Crippen molar-refractivity contribution in [1.29, 1.82) is 0 Å². The van der Waals surface area contributed by atoms with E-state index in [-0.39, 0.29) is 17.7 Å². The standard InChI is InChI=1S/C16H13ClN2O3S2/c17-11-4-3-10(24-11)9-6-23-16(18-9)19-14(20)12-7-1-2-8(5-7)13(12)15(21)22/h1-4,6-8,12-13H,5H2,(H,21,22)(H,18,19,20)/t7-,8-,12+,13-/m0/s1. The van der Waals surface area contributed by atoms with Crippen molar-refractivity contribution in [2.24, 2.45) is 23.7 Å². The zero-order valence-electron chi connectivity index (χ0n) is 12.3. The van der Waals surface area contributed by atoms with E-state index in [0.717, 1.165) is 17.0 Å². The number of aromatic nitrogens is 1. The van der Waals surface area contributed by atoms with Gasteiger partial charge in [-0.1, -0.05) is 23.8 Å². The number of anilines is 1. The monoisotopic (exact) mass is 380 g/mol. The Hall–Kier alpha value is -1.70. The van der Waals surface area contributed by atoms with Gasteiger partial charge in [0.15, 0.2) is 5.13 Å². The molecule has 2 bridgehead atoms. The zero-order chi connectivity index (χ0) is 16.8. The number of fused-ring (bicyclic) bond motifs is 2. The van der Waals surface area contributed by atoms with E-state index in [4.69, 9.17) is 11.6 Å². The van der Waals surface area contributed by atoms with Crippen molar-refractivity contribution in [2.45, 2.75) is 6.42 Å². The summed E-state index contributed by atoms with van der Waals surface area (Å²) in [5.41, 5.74) is 0.759. The van der Waals surface area contributed by atoms with Crippen molar-refractivity contribution >= 4 is 51.3 Å². The maximum absolute atomic E-state index is 12.6. The highest BCUT2D eigenvalue weighted by Gasteiger charge is 2.51. The number of carboxylic acid groups (broad SMARTS) is 1. The number of hydrogen-bond acceptors (Lipinski definition) is 5. The van der Waals surface area contributed by atoms with Crippen LogP contribution in [-0.4, -0.2) is 22.0 Å². The molecule has 0 spiro atoms. The molecule has 1 saturated carbocycles. The van der Waals surface area contributed by atoms with E-state index in [2.05, 4.69) is 10.3 Å². The molecule has 4 atom stereocenters. The van der Waals surface area contributed by atoms with E-state index in [1.165, 1.54) is 22.7 Å². The van der Waals surface area contributed by atoms with Gasteiger partial charge in [0.1, 0.15) is 0 Å². The van der Waals surface area contributed by atoms with E-state index in [0.29, 0.717) is 9.47 Å². The summed E-state index contributed by atoms with van der Waals surface area (Å²) in [6.45, 7) is 0. The third-order valence-electron chi connectivity index (χ3n) is 4.61. The average Bonchev–Trinajstić information content (AvgIpc) is 3.29. The fourth-order valence-electron chi connectivity index (χ4n) is 3.60. The Kier molecular flexibility index (Phi) is 3.94. The quantitative estimate of drug-likeness (QED) is 0.786. The van der Waals surface area contributed by atoms with Gasteiger partial charge in [-0.05, 0) is 30.4 Å². The topological polar surface area (TPSA) is 79.3 Å². The Morgan fingerprint density at radius 1 is 1.25 bits per heavy atom. The van der Waals surface area contributed by atoms with Gasteiger partial charge in [-0.15, -0.1) is 22.7 Å². The molecule has 2 N–H and O–H groups in total. The number of nitrogens with one attached hydrogen (secondary N) is 1. The molecule has 4 rings (SSSR count). The Morgan fingerprint density at radius 3 is 2.67 bits per heavy atom. The second kappa shape index (κ2) is 5.98. The van der Waals surface area contributed by atoms with Crippen molar-refractivity contribution in [3.63, 3.8) is 0 Å². The molecule has 1 amide bonds. The molecule has 0 saturated heterocycles. The molecule has 1 fully saturated rings. The number of thiazole rings is 1. The summed E-state index contributed by atoms with van der Waals surface area (Å²) in [5.74, 6) is -2.36. The molecule has 8 heteroatoms. The van der Waals surface area contributed by atoms with E-state index < -0.39 is 17.8 Å². The summed E-state index contributed by atoms with van der Waals surface area (Å²) >= 11 is 8.68. The summed E-state index contributed by atoms with van der Waals surface area (Å²) in [5, 5.41) is 14.6.